The van der Waals surface area contributed by atoms with Crippen LogP contribution in [-0.2, 0) is 21.2 Å². The van der Waals surface area contributed by atoms with Crippen LogP contribution in [0.15, 0.2) is 47.5 Å². The molecule has 0 saturated carbocycles. The molecule has 0 N–H and O–H groups in total. The van der Waals surface area contributed by atoms with Gasteiger partial charge in [-0.05, 0) is 30.3 Å². The summed E-state index contributed by atoms with van der Waals surface area (Å²) in [6.07, 6.45) is 2.29. The van der Waals surface area contributed by atoms with Crippen LogP contribution in [0.4, 0.5) is 0 Å². The summed E-state index contributed by atoms with van der Waals surface area (Å²) in [4.78, 5) is 18.6. The standard InChI is InChI=1S/C19H22ClN3O4S/c1-22(9-7-15-4-2-3-8-21-15)19(24)17-14-16(5-6-18(17)20)28(25,26)23-10-12-27-13-11-23/h2-6,8,14H,7,9-13H2,1H3. The summed E-state index contributed by atoms with van der Waals surface area (Å²) in [6, 6.07) is 9.85. The molecule has 9 heteroatoms. The molecule has 2 heterocycles. The first-order chi connectivity index (χ1) is 13.4. The molecule has 0 radical (unpaired) electrons. The third-order valence-electron chi connectivity index (χ3n) is 4.55. The third kappa shape index (κ3) is 4.70. The average Bonchev–Trinajstić information content (AvgIpc) is 2.73. The number of morpholine rings is 1. The second kappa shape index (κ2) is 9.00. The minimum atomic E-state index is -3.70. The number of nitrogens with zero attached hydrogens (tertiary/aromatic N) is 3. The van der Waals surface area contributed by atoms with Gasteiger partial charge in [-0.15, -0.1) is 0 Å². The summed E-state index contributed by atoms with van der Waals surface area (Å²) in [5.74, 6) is -0.333. The Labute approximate surface area is 169 Å². The first-order valence-electron chi connectivity index (χ1n) is 8.92. The summed E-state index contributed by atoms with van der Waals surface area (Å²) < 4.78 is 32.3. The van der Waals surface area contributed by atoms with Gasteiger partial charge in [0.15, 0.2) is 0 Å². The summed E-state index contributed by atoms with van der Waals surface area (Å²) in [5, 5.41) is 0.218. The molecule has 1 fully saturated rings. The van der Waals surface area contributed by atoms with E-state index in [4.69, 9.17) is 16.3 Å². The largest absolute Gasteiger partial charge is 0.379 e. The number of carbonyl (C=O) groups excluding carboxylic acids is 1. The predicted molar refractivity (Wildman–Crippen MR) is 106 cm³/mol. The summed E-state index contributed by atoms with van der Waals surface area (Å²) in [6.45, 7) is 1.73. The number of halogens is 1. The molecule has 0 spiro atoms. The van der Waals surface area contributed by atoms with Gasteiger partial charge in [-0.2, -0.15) is 4.31 Å². The van der Waals surface area contributed by atoms with Crippen molar-refractivity contribution in [2.24, 2.45) is 0 Å². The van der Waals surface area contributed by atoms with Gasteiger partial charge in [0.2, 0.25) is 10.0 Å². The third-order valence-corrected chi connectivity index (χ3v) is 6.78. The van der Waals surface area contributed by atoms with Gasteiger partial charge in [0, 0.05) is 45.0 Å². The van der Waals surface area contributed by atoms with Gasteiger partial charge in [-0.3, -0.25) is 9.78 Å². The number of hydrogen-bond acceptors (Lipinski definition) is 5. The lowest BCUT2D eigenvalue weighted by atomic mass is 10.2. The number of likely N-dealkylation sites (N-methyl/N-ethyl adjacent to an activating group) is 1. The normalized spacial score (nSPS) is 15.4. The fourth-order valence-corrected chi connectivity index (χ4v) is 4.53. The van der Waals surface area contributed by atoms with Crippen LogP contribution in [0.2, 0.25) is 5.02 Å². The van der Waals surface area contributed by atoms with Crippen molar-refractivity contribution in [1.29, 1.82) is 0 Å². The van der Waals surface area contributed by atoms with E-state index in [-0.39, 0.29) is 34.5 Å². The van der Waals surface area contributed by atoms with Crippen molar-refractivity contribution >= 4 is 27.5 Å². The van der Waals surface area contributed by atoms with Gasteiger partial charge in [0.1, 0.15) is 0 Å². The number of sulfonamides is 1. The molecule has 7 nitrogen and oxygen atoms in total. The Balaban J connectivity index is 1.77. The Hall–Kier alpha value is -2.00. The summed E-state index contributed by atoms with van der Waals surface area (Å²) >= 11 is 6.20. The van der Waals surface area contributed by atoms with Crippen LogP contribution in [0.1, 0.15) is 16.1 Å². The quantitative estimate of drug-likeness (QED) is 0.710. The number of benzene rings is 1. The molecular weight excluding hydrogens is 402 g/mol. The van der Waals surface area contributed by atoms with Gasteiger partial charge < -0.3 is 9.64 Å². The highest BCUT2D eigenvalue weighted by Crippen LogP contribution is 2.24. The SMILES string of the molecule is CN(CCc1ccccn1)C(=O)c1cc(S(=O)(=O)N2CCOCC2)ccc1Cl. The molecule has 1 aromatic heterocycles. The van der Waals surface area contributed by atoms with Crippen LogP contribution in [0.5, 0.6) is 0 Å². The number of hydrogen-bond donors (Lipinski definition) is 0. The van der Waals surface area contributed by atoms with E-state index in [0.717, 1.165) is 5.69 Å². The van der Waals surface area contributed by atoms with E-state index < -0.39 is 10.0 Å². The number of ether oxygens (including phenoxy) is 1. The van der Waals surface area contributed by atoms with Crippen LogP contribution in [0.25, 0.3) is 0 Å². The maximum Gasteiger partial charge on any atom is 0.255 e. The molecule has 1 amide bonds. The maximum absolute atomic E-state index is 12.8. The number of aromatic nitrogens is 1. The van der Waals surface area contributed by atoms with E-state index in [2.05, 4.69) is 4.98 Å². The van der Waals surface area contributed by atoms with E-state index >= 15 is 0 Å². The lowest BCUT2D eigenvalue weighted by molar-refractivity contribution is 0.0730. The molecule has 0 unspecified atom stereocenters. The molecule has 0 atom stereocenters. The minimum Gasteiger partial charge on any atom is -0.379 e. The first kappa shape index (κ1) is 20.7. The Morgan fingerprint density at radius 3 is 2.68 bits per heavy atom. The maximum atomic E-state index is 12.8. The topological polar surface area (TPSA) is 79.8 Å². The summed E-state index contributed by atoms with van der Waals surface area (Å²) in [7, 11) is -2.04. The van der Waals surface area contributed by atoms with Gasteiger partial charge in [-0.25, -0.2) is 8.42 Å². The molecule has 0 bridgehead atoms. The van der Waals surface area contributed by atoms with Crippen molar-refractivity contribution in [1.82, 2.24) is 14.2 Å². The van der Waals surface area contributed by atoms with Crippen LogP contribution < -0.4 is 0 Å². The lowest BCUT2D eigenvalue weighted by Gasteiger charge is -2.26. The van der Waals surface area contributed by atoms with E-state index in [0.29, 0.717) is 26.2 Å². The van der Waals surface area contributed by atoms with Crippen molar-refractivity contribution < 1.29 is 17.9 Å². The van der Waals surface area contributed by atoms with E-state index in [1.54, 1.807) is 13.2 Å². The lowest BCUT2D eigenvalue weighted by Crippen LogP contribution is -2.40. The monoisotopic (exact) mass is 423 g/mol. The minimum absolute atomic E-state index is 0.0558. The highest BCUT2D eigenvalue weighted by molar-refractivity contribution is 7.89. The number of amides is 1. The Morgan fingerprint density at radius 1 is 1.25 bits per heavy atom. The molecule has 0 aliphatic carbocycles. The molecule has 150 valence electrons. The highest BCUT2D eigenvalue weighted by atomic mass is 35.5. The zero-order valence-electron chi connectivity index (χ0n) is 15.5. The zero-order valence-corrected chi connectivity index (χ0v) is 17.1. The van der Waals surface area contributed by atoms with Crippen molar-refractivity contribution in [3.05, 3.63) is 58.9 Å². The van der Waals surface area contributed by atoms with Crippen molar-refractivity contribution in [2.75, 3.05) is 39.9 Å². The Kier molecular flexibility index (Phi) is 6.66. The van der Waals surface area contributed by atoms with Gasteiger partial charge in [0.25, 0.3) is 5.91 Å². The molecular formula is C19H22ClN3O4S. The number of rotatable bonds is 6. The first-order valence-corrected chi connectivity index (χ1v) is 10.7. The predicted octanol–water partition coefficient (Wildman–Crippen LogP) is 2.07. The van der Waals surface area contributed by atoms with Crippen molar-refractivity contribution in [3.63, 3.8) is 0 Å². The second-order valence-electron chi connectivity index (χ2n) is 6.46. The van der Waals surface area contributed by atoms with Crippen molar-refractivity contribution in [2.45, 2.75) is 11.3 Å². The van der Waals surface area contributed by atoms with Crippen LogP contribution >= 0.6 is 11.6 Å². The smallest absolute Gasteiger partial charge is 0.255 e. The second-order valence-corrected chi connectivity index (χ2v) is 8.80. The molecule has 2 aromatic rings. The Morgan fingerprint density at radius 2 is 2.00 bits per heavy atom. The fourth-order valence-electron chi connectivity index (χ4n) is 2.90. The molecule has 1 aliphatic heterocycles. The Bertz CT molecular complexity index is 931. The highest BCUT2D eigenvalue weighted by Gasteiger charge is 2.28. The van der Waals surface area contributed by atoms with Gasteiger partial charge in [0.05, 0.1) is 28.7 Å². The zero-order chi connectivity index (χ0) is 20.1. The van der Waals surface area contributed by atoms with Crippen molar-refractivity contribution in [3.8, 4) is 0 Å². The van der Waals surface area contributed by atoms with Gasteiger partial charge >= 0.3 is 0 Å². The van der Waals surface area contributed by atoms with Crippen LogP contribution in [0, 0.1) is 0 Å². The fraction of sp³-hybridized carbons (Fsp3) is 0.368. The molecule has 1 saturated heterocycles. The number of carbonyl (C=O) groups is 1. The molecule has 1 aliphatic rings. The molecule has 28 heavy (non-hydrogen) atoms. The van der Waals surface area contributed by atoms with E-state index in [1.165, 1.54) is 27.4 Å². The average molecular weight is 424 g/mol. The van der Waals surface area contributed by atoms with Crippen LogP contribution in [-0.4, -0.2) is 68.4 Å². The number of pyridine rings is 1. The summed E-state index contributed by atoms with van der Waals surface area (Å²) in [5.41, 5.74) is 1.04. The van der Waals surface area contributed by atoms with E-state index in [1.807, 2.05) is 18.2 Å². The van der Waals surface area contributed by atoms with Gasteiger partial charge in [-0.1, -0.05) is 17.7 Å². The molecule has 1 aromatic carbocycles. The van der Waals surface area contributed by atoms with E-state index in [9.17, 15) is 13.2 Å². The molecule has 3 rings (SSSR count). The van der Waals surface area contributed by atoms with Crippen LogP contribution in [0.3, 0.4) is 0 Å².